The van der Waals surface area contributed by atoms with Gasteiger partial charge in [-0.25, -0.2) is 9.18 Å². The standard InChI is InChI=1S/C56H57Cl2FN4O6/c1-34-35(2)60-21-18-47(34)38-10-8-36(9-11-38)25-50(56(65)66-4)61-55(64)51-28-42-26-44-31-62(3)33-53(69-52(44)29-43(42)32-63(51)30-37-6-5-7-45(59)24-37)39-12-15-46(16-13-39)68-54(40-19-22-67-23-20-40)41-14-17-48(57)49(58)27-41/h5-18,21,24,26-27,29,40,50-51,53-54H,19-20,22-23,25,28,30-33H2,1-4H3,(H,61,64)/t50-,51-,53+,54+/m0/s1. The molecule has 9 rings (SSSR count). The van der Waals surface area contributed by atoms with E-state index in [0.29, 0.717) is 55.9 Å². The zero-order valence-corrected chi connectivity index (χ0v) is 40.9. The van der Waals surface area contributed by atoms with Crippen LogP contribution in [0, 0.1) is 25.6 Å². The number of fused-ring (bicyclic) bond motifs is 2. The number of nitrogens with zero attached hydrogens (tertiary/aromatic N) is 3. The maximum atomic E-state index is 14.6. The minimum absolute atomic E-state index is 0.218. The molecule has 1 aromatic heterocycles. The van der Waals surface area contributed by atoms with E-state index in [2.05, 4.69) is 53.4 Å². The van der Waals surface area contributed by atoms with Gasteiger partial charge < -0.3 is 24.3 Å². The lowest BCUT2D eigenvalue weighted by atomic mass is 9.89. The van der Waals surface area contributed by atoms with Crippen molar-refractivity contribution in [1.29, 1.82) is 0 Å². The highest BCUT2D eigenvalue weighted by atomic mass is 35.5. The maximum Gasteiger partial charge on any atom is 0.328 e. The largest absolute Gasteiger partial charge is 0.485 e. The van der Waals surface area contributed by atoms with Crippen molar-refractivity contribution in [1.82, 2.24) is 20.1 Å². The van der Waals surface area contributed by atoms with Crippen LogP contribution in [0.4, 0.5) is 4.39 Å². The quantitative estimate of drug-likeness (QED) is 0.113. The van der Waals surface area contributed by atoms with Crippen LogP contribution in [0.3, 0.4) is 0 Å². The van der Waals surface area contributed by atoms with Crippen molar-refractivity contribution in [3.8, 4) is 22.6 Å². The minimum atomic E-state index is -0.932. The number of pyridine rings is 1. The lowest BCUT2D eigenvalue weighted by molar-refractivity contribution is -0.146. The van der Waals surface area contributed by atoms with Gasteiger partial charge in [-0.3, -0.25) is 19.6 Å². The average Bonchev–Trinajstić information content (AvgIpc) is 3.51. The Hall–Kier alpha value is -5.82. The van der Waals surface area contributed by atoms with Gasteiger partial charge in [0.2, 0.25) is 5.91 Å². The summed E-state index contributed by atoms with van der Waals surface area (Å²) in [4.78, 5) is 36.6. The van der Waals surface area contributed by atoms with E-state index in [0.717, 1.165) is 85.7 Å². The minimum Gasteiger partial charge on any atom is -0.485 e. The van der Waals surface area contributed by atoms with Crippen LogP contribution in [0.15, 0.2) is 115 Å². The monoisotopic (exact) mass is 970 g/mol. The van der Waals surface area contributed by atoms with Crippen LogP contribution < -0.4 is 14.8 Å². The van der Waals surface area contributed by atoms with Gasteiger partial charge in [-0.05, 0) is 139 Å². The molecule has 10 nitrogen and oxygen atoms in total. The SMILES string of the molecule is COC(=O)[C@H](Cc1ccc(-c2ccnc(C)c2C)cc1)NC(=O)[C@@H]1Cc2cc3c(cc2CN1Cc1cccc(F)c1)O[C@@H](c1ccc(O[C@@H](c2ccc(Cl)c(Cl)c2)C2CCOCC2)cc1)CN(C)C3. The third-order valence-corrected chi connectivity index (χ3v) is 14.6. The number of amides is 1. The highest BCUT2D eigenvalue weighted by Crippen LogP contribution is 2.40. The fourth-order valence-corrected chi connectivity index (χ4v) is 10.2. The number of esters is 1. The van der Waals surface area contributed by atoms with E-state index in [1.54, 1.807) is 12.3 Å². The third-order valence-electron chi connectivity index (χ3n) is 13.8. The Balaban J connectivity index is 0.940. The van der Waals surface area contributed by atoms with E-state index in [9.17, 15) is 14.0 Å². The van der Waals surface area contributed by atoms with E-state index in [-0.39, 0.29) is 36.3 Å². The molecule has 0 aliphatic carbocycles. The summed E-state index contributed by atoms with van der Waals surface area (Å²) in [5.41, 5.74) is 10.9. The van der Waals surface area contributed by atoms with Gasteiger partial charge in [-0.2, -0.15) is 0 Å². The van der Waals surface area contributed by atoms with Gasteiger partial charge in [0, 0.05) is 69.2 Å². The van der Waals surface area contributed by atoms with Crippen LogP contribution in [0.5, 0.6) is 11.5 Å². The summed E-state index contributed by atoms with van der Waals surface area (Å²) in [5, 5.41) is 4.06. The van der Waals surface area contributed by atoms with E-state index >= 15 is 0 Å². The number of rotatable bonds is 13. The number of hydrogen-bond acceptors (Lipinski definition) is 9. The first kappa shape index (κ1) is 48.2. The van der Waals surface area contributed by atoms with Gasteiger partial charge in [0.1, 0.15) is 35.6 Å². The fourth-order valence-electron chi connectivity index (χ4n) is 9.92. The molecule has 1 amide bonds. The van der Waals surface area contributed by atoms with Crippen LogP contribution in [0.25, 0.3) is 11.1 Å². The number of methoxy groups -OCH3 is 1. The first-order valence-electron chi connectivity index (χ1n) is 23.6. The molecule has 6 aromatic rings. The van der Waals surface area contributed by atoms with Crippen molar-refractivity contribution in [3.63, 3.8) is 0 Å². The van der Waals surface area contributed by atoms with Crippen molar-refractivity contribution >= 4 is 35.1 Å². The number of nitrogens with one attached hydrogen (secondary N) is 1. The van der Waals surface area contributed by atoms with E-state index < -0.39 is 18.1 Å². The number of ether oxygens (including phenoxy) is 4. The smallest absolute Gasteiger partial charge is 0.328 e. The Morgan fingerprint density at radius 1 is 0.870 bits per heavy atom. The zero-order valence-electron chi connectivity index (χ0n) is 39.4. The number of likely N-dealkylation sites (N-methyl/N-ethyl adjacent to an activating group) is 1. The third kappa shape index (κ3) is 11.3. The molecule has 3 aliphatic rings. The lowest BCUT2D eigenvalue weighted by Crippen LogP contribution is -2.54. The van der Waals surface area contributed by atoms with E-state index in [4.69, 9.17) is 42.1 Å². The molecule has 1 N–H and O–H groups in total. The second kappa shape index (κ2) is 21.4. The number of aryl methyl sites for hydroxylation is 1. The summed E-state index contributed by atoms with van der Waals surface area (Å²) < 4.78 is 39.1. The normalized spacial score (nSPS) is 18.5. The molecule has 69 heavy (non-hydrogen) atoms. The first-order valence-corrected chi connectivity index (χ1v) is 24.3. The summed E-state index contributed by atoms with van der Waals surface area (Å²) in [7, 11) is 3.41. The molecule has 1 fully saturated rings. The molecule has 0 radical (unpaired) electrons. The lowest BCUT2D eigenvalue weighted by Gasteiger charge is -2.37. The van der Waals surface area contributed by atoms with Crippen LogP contribution in [0.1, 0.15) is 75.3 Å². The van der Waals surface area contributed by atoms with Gasteiger partial charge >= 0.3 is 5.97 Å². The Bertz CT molecular complexity index is 2800. The van der Waals surface area contributed by atoms with Gasteiger partial charge in [0.25, 0.3) is 0 Å². The predicted molar refractivity (Wildman–Crippen MR) is 266 cm³/mol. The number of halogens is 3. The van der Waals surface area contributed by atoms with Gasteiger partial charge in [-0.1, -0.05) is 83.9 Å². The predicted octanol–water partition coefficient (Wildman–Crippen LogP) is 10.8. The maximum absolute atomic E-state index is 14.6. The highest BCUT2D eigenvalue weighted by Gasteiger charge is 2.36. The van der Waals surface area contributed by atoms with Crippen molar-refractivity contribution in [2.45, 2.75) is 83.5 Å². The Labute approximate surface area is 413 Å². The molecule has 4 atom stereocenters. The second-order valence-corrected chi connectivity index (χ2v) is 19.4. The molecule has 13 heteroatoms. The summed E-state index contributed by atoms with van der Waals surface area (Å²) in [5.74, 6) is 0.584. The Morgan fingerprint density at radius 2 is 1.65 bits per heavy atom. The topological polar surface area (TPSA) is 102 Å². The number of hydrogen-bond donors (Lipinski definition) is 1. The number of carbonyl (C=O) groups excluding carboxylic acids is 2. The van der Waals surface area contributed by atoms with Gasteiger partial charge in [0.05, 0.1) is 23.2 Å². The Morgan fingerprint density at radius 3 is 2.39 bits per heavy atom. The average molecular weight is 972 g/mol. The molecular formula is C56H57Cl2FN4O6. The molecule has 0 bridgehead atoms. The molecule has 358 valence electrons. The van der Waals surface area contributed by atoms with Crippen molar-refractivity contribution in [3.05, 3.63) is 181 Å². The molecular weight excluding hydrogens is 915 g/mol. The number of carbonyl (C=O) groups is 2. The zero-order chi connectivity index (χ0) is 48.2. The van der Waals surface area contributed by atoms with Gasteiger partial charge in [-0.15, -0.1) is 0 Å². The van der Waals surface area contributed by atoms with Crippen molar-refractivity contribution < 1.29 is 32.9 Å². The molecule has 3 aliphatic heterocycles. The summed E-state index contributed by atoms with van der Waals surface area (Å²) in [6.07, 6.45) is 3.69. The summed E-state index contributed by atoms with van der Waals surface area (Å²) in [6, 6.07) is 32.9. The highest BCUT2D eigenvalue weighted by molar-refractivity contribution is 6.42. The van der Waals surface area contributed by atoms with E-state index in [1.165, 1.54) is 19.2 Å². The molecule has 4 heterocycles. The number of aromatic nitrogens is 1. The Kier molecular flexibility index (Phi) is 15.0. The molecule has 1 saturated heterocycles. The molecule has 5 aromatic carbocycles. The van der Waals surface area contributed by atoms with Crippen LogP contribution >= 0.6 is 23.2 Å². The first-order chi connectivity index (χ1) is 33.4. The molecule has 0 spiro atoms. The van der Waals surface area contributed by atoms with Crippen LogP contribution in [0.2, 0.25) is 10.0 Å². The van der Waals surface area contributed by atoms with Crippen LogP contribution in [-0.2, 0) is 51.5 Å². The fraction of sp³-hybridized carbons (Fsp3) is 0.339. The summed E-state index contributed by atoms with van der Waals surface area (Å²) in [6.45, 7) is 7.41. The van der Waals surface area contributed by atoms with E-state index in [1.807, 2.05) is 78.6 Å². The van der Waals surface area contributed by atoms with Crippen molar-refractivity contribution in [2.24, 2.45) is 5.92 Å². The summed E-state index contributed by atoms with van der Waals surface area (Å²) >= 11 is 12.8. The second-order valence-electron chi connectivity index (χ2n) is 18.6. The number of benzene rings is 5. The molecule has 0 unspecified atom stereocenters. The molecule has 0 saturated carbocycles. The van der Waals surface area contributed by atoms with Crippen LogP contribution in [-0.4, -0.2) is 72.7 Å². The van der Waals surface area contributed by atoms with Crippen molar-refractivity contribution in [2.75, 3.05) is 33.9 Å². The van der Waals surface area contributed by atoms with Gasteiger partial charge in [0.15, 0.2) is 0 Å².